The lowest BCUT2D eigenvalue weighted by Gasteiger charge is -2.09. The van der Waals surface area contributed by atoms with Crippen molar-refractivity contribution in [3.05, 3.63) is 65.2 Å². The molecule has 148 valence electrons. The van der Waals surface area contributed by atoms with Gasteiger partial charge in [-0.3, -0.25) is 4.79 Å². The van der Waals surface area contributed by atoms with Crippen LogP contribution in [-0.4, -0.2) is 39.1 Å². The van der Waals surface area contributed by atoms with Gasteiger partial charge in [0.25, 0.3) is 5.91 Å². The summed E-state index contributed by atoms with van der Waals surface area (Å²) in [6, 6.07) is 16.2. The molecule has 0 radical (unpaired) electrons. The largest absolute Gasteiger partial charge is 0.330 e. The number of nitrogens with zero attached hydrogens (tertiary/aromatic N) is 4. The van der Waals surface area contributed by atoms with Gasteiger partial charge in [0, 0.05) is 12.1 Å². The standard InChI is InChI=1S/C21H21N5OS2/c1-14-8-9-17(12-15(14)2)22-20-23-24-21(29-20)28-13-19(27)26-11-10-18(25-26)16-6-4-3-5-7-16/h3-9,12H,10-11,13H2,1-2H3,(H,22,23). The Balaban J connectivity index is 1.32. The van der Waals surface area contributed by atoms with Gasteiger partial charge in [0.2, 0.25) is 5.13 Å². The molecule has 0 spiro atoms. The molecule has 1 amide bonds. The van der Waals surface area contributed by atoms with Crippen LogP contribution < -0.4 is 5.32 Å². The van der Waals surface area contributed by atoms with Crippen molar-refractivity contribution in [2.24, 2.45) is 5.10 Å². The van der Waals surface area contributed by atoms with E-state index in [1.165, 1.54) is 34.2 Å². The molecule has 1 aliphatic rings. The van der Waals surface area contributed by atoms with Gasteiger partial charge in [-0.25, -0.2) is 5.01 Å². The quantitative estimate of drug-likeness (QED) is 0.586. The molecule has 3 aromatic rings. The Morgan fingerprint density at radius 3 is 2.76 bits per heavy atom. The van der Waals surface area contributed by atoms with Crippen molar-refractivity contribution in [1.82, 2.24) is 15.2 Å². The van der Waals surface area contributed by atoms with E-state index in [4.69, 9.17) is 0 Å². The lowest BCUT2D eigenvalue weighted by Crippen LogP contribution is -2.25. The maximum atomic E-state index is 12.5. The topological polar surface area (TPSA) is 70.5 Å². The summed E-state index contributed by atoms with van der Waals surface area (Å²) in [6.45, 7) is 4.79. The van der Waals surface area contributed by atoms with Crippen molar-refractivity contribution in [2.45, 2.75) is 24.6 Å². The first kappa shape index (κ1) is 19.6. The zero-order valence-corrected chi connectivity index (χ0v) is 17.9. The third kappa shape index (κ3) is 4.83. The van der Waals surface area contributed by atoms with Crippen molar-refractivity contribution in [1.29, 1.82) is 0 Å². The van der Waals surface area contributed by atoms with Crippen LogP contribution >= 0.6 is 23.1 Å². The molecule has 8 heteroatoms. The minimum absolute atomic E-state index is 0.0141. The molecule has 0 saturated heterocycles. The molecule has 29 heavy (non-hydrogen) atoms. The van der Waals surface area contributed by atoms with E-state index in [-0.39, 0.29) is 5.91 Å². The van der Waals surface area contributed by atoms with E-state index in [2.05, 4.69) is 46.6 Å². The van der Waals surface area contributed by atoms with E-state index in [0.29, 0.717) is 17.4 Å². The van der Waals surface area contributed by atoms with Gasteiger partial charge in [-0.15, -0.1) is 10.2 Å². The molecule has 6 nitrogen and oxygen atoms in total. The van der Waals surface area contributed by atoms with E-state index in [0.717, 1.165) is 27.7 Å². The lowest BCUT2D eigenvalue weighted by atomic mass is 10.1. The maximum absolute atomic E-state index is 12.5. The number of carbonyl (C=O) groups is 1. The van der Waals surface area contributed by atoms with Crippen LogP contribution in [-0.2, 0) is 4.79 Å². The fourth-order valence-corrected chi connectivity index (χ4v) is 4.57. The number of hydrazone groups is 1. The number of aryl methyl sites for hydroxylation is 2. The van der Waals surface area contributed by atoms with Gasteiger partial charge >= 0.3 is 0 Å². The van der Waals surface area contributed by atoms with Gasteiger partial charge in [-0.1, -0.05) is 59.5 Å². The number of rotatable bonds is 6. The van der Waals surface area contributed by atoms with E-state index in [1.807, 2.05) is 36.4 Å². The van der Waals surface area contributed by atoms with Crippen LogP contribution in [0.2, 0.25) is 0 Å². The number of hydrogen-bond donors (Lipinski definition) is 1. The number of hydrogen-bond acceptors (Lipinski definition) is 7. The smallest absolute Gasteiger partial charge is 0.253 e. The molecule has 0 saturated carbocycles. The average Bonchev–Trinajstić information content (AvgIpc) is 3.40. The molecule has 0 bridgehead atoms. The fourth-order valence-electron chi connectivity index (χ4n) is 2.93. The Labute approximate surface area is 178 Å². The molecule has 4 rings (SSSR count). The monoisotopic (exact) mass is 423 g/mol. The first-order valence-corrected chi connectivity index (χ1v) is 11.1. The molecule has 1 N–H and O–H groups in total. The number of benzene rings is 2. The summed E-state index contributed by atoms with van der Waals surface area (Å²) in [4.78, 5) is 12.5. The van der Waals surface area contributed by atoms with Crippen molar-refractivity contribution in [3.8, 4) is 0 Å². The molecule has 0 fully saturated rings. The van der Waals surface area contributed by atoms with Crippen LogP contribution in [0.3, 0.4) is 0 Å². The van der Waals surface area contributed by atoms with E-state index in [9.17, 15) is 4.79 Å². The molecule has 1 aromatic heterocycles. The third-order valence-electron chi connectivity index (χ3n) is 4.68. The lowest BCUT2D eigenvalue weighted by molar-refractivity contribution is -0.127. The Morgan fingerprint density at radius 2 is 1.97 bits per heavy atom. The molecule has 0 aliphatic carbocycles. The predicted molar refractivity (Wildman–Crippen MR) is 119 cm³/mol. The first-order chi connectivity index (χ1) is 14.1. The van der Waals surface area contributed by atoms with E-state index in [1.54, 1.807) is 5.01 Å². The summed E-state index contributed by atoms with van der Waals surface area (Å²) >= 11 is 2.84. The van der Waals surface area contributed by atoms with Crippen LogP contribution in [0, 0.1) is 13.8 Å². The zero-order chi connectivity index (χ0) is 20.2. The molecule has 0 atom stereocenters. The summed E-state index contributed by atoms with van der Waals surface area (Å²) in [7, 11) is 0. The minimum Gasteiger partial charge on any atom is -0.330 e. The van der Waals surface area contributed by atoms with Crippen molar-refractivity contribution in [2.75, 3.05) is 17.6 Å². The number of anilines is 2. The SMILES string of the molecule is Cc1ccc(Nc2nnc(SCC(=O)N3CCC(c4ccccc4)=N3)s2)cc1C. The normalized spacial score (nSPS) is 13.4. The Kier molecular flexibility index (Phi) is 5.92. The summed E-state index contributed by atoms with van der Waals surface area (Å²) in [5.74, 6) is 0.281. The second-order valence-electron chi connectivity index (χ2n) is 6.77. The molecular weight excluding hydrogens is 402 g/mol. The number of aromatic nitrogens is 2. The Hall–Kier alpha value is -2.71. The second kappa shape index (κ2) is 8.75. The highest BCUT2D eigenvalue weighted by atomic mass is 32.2. The maximum Gasteiger partial charge on any atom is 0.253 e. The van der Waals surface area contributed by atoms with Crippen LogP contribution in [0.4, 0.5) is 10.8 Å². The number of thioether (sulfide) groups is 1. The zero-order valence-electron chi connectivity index (χ0n) is 16.3. The van der Waals surface area contributed by atoms with Crippen LogP contribution in [0.1, 0.15) is 23.1 Å². The number of nitrogens with one attached hydrogen (secondary N) is 1. The Bertz CT molecular complexity index is 1050. The molecular formula is C21H21N5OS2. The molecule has 2 aromatic carbocycles. The van der Waals surface area contributed by atoms with Gasteiger partial charge in [-0.05, 0) is 42.7 Å². The van der Waals surface area contributed by atoms with Crippen molar-refractivity contribution < 1.29 is 4.79 Å². The van der Waals surface area contributed by atoms with Crippen LogP contribution in [0.5, 0.6) is 0 Å². The number of amides is 1. The average molecular weight is 424 g/mol. The first-order valence-electron chi connectivity index (χ1n) is 9.32. The molecule has 1 aliphatic heterocycles. The van der Waals surface area contributed by atoms with Crippen molar-refractivity contribution in [3.63, 3.8) is 0 Å². The Morgan fingerprint density at radius 1 is 1.14 bits per heavy atom. The summed E-state index contributed by atoms with van der Waals surface area (Å²) < 4.78 is 0.760. The van der Waals surface area contributed by atoms with E-state index < -0.39 is 0 Å². The van der Waals surface area contributed by atoms with Gasteiger partial charge in [-0.2, -0.15) is 5.10 Å². The predicted octanol–water partition coefficient (Wildman–Crippen LogP) is 4.63. The third-order valence-corrected chi connectivity index (χ3v) is 6.64. The van der Waals surface area contributed by atoms with Crippen molar-refractivity contribution >= 4 is 45.5 Å². The highest BCUT2D eigenvalue weighted by molar-refractivity contribution is 8.01. The molecule has 2 heterocycles. The summed E-state index contributed by atoms with van der Waals surface area (Å²) in [5.41, 5.74) is 5.49. The van der Waals surface area contributed by atoms with Gasteiger partial charge in [0.15, 0.2) is 4.34 Å². The highest BCUT2D eigenvalue weighted by Crippen LogP contribution is 2.28. The van der Waals surface area contributed by atoms with Crippen LogP contribution in [0.15, 0.2) is 58.0 Å². The van der Waals surface area contributed by atoms with Crippen LogP contribution in [0.25, 0.3) is 0 Å². The second-order valence-corrected chi connectivity index (χ2v) is 8.97. The summed E-state index contributed by atoms with van der Waals surface area (Å²) in [6.07, 6.45) is 0.781. The number of carbonyl (C=O) groups excluding carboxylic acids is 1. The minimum atomic E-state index is -0.0141. The van der Waals surface area contributed by atoms with Gasteiger partial charge < -0.3 is 5.32 Å². The van der Waals surface area contributed by atoms with E-state index >= 15 is 0 Å². The van der Waals surface area contributed by atoms with Gasteiger partial charge in [0.05, 0.1) is 18.0 Å². The molecule has 0 unspecified atom stereocenters. The van der Waals surface area contributed by atoms with Gasteiger partial charge in [0.1, 0.15) is 0 Å². The fraction of sp³-hybridized carbons (Fsp3) is 0.238. The summed E-state index contributed by atoms with van der Waals surface area (Å²) in [5, 5.41) is 18.4. The highest BCUT2D eigenvalue weighted by Gasteiger charge is 2.22.